The van der Waals surface area contributed by atoms with E-state index < -0.39 is 11.6 Å². The molecule has 1 saturated carbocycles. The number of rotatable bonds is 3. The van der Waals surface area contributed by atoms with Gasteiger partial charge in [-0.2, -0.15) is 0 Å². The Kier molecular flexibility index (Phi) is 4.05. The fourth-order valence-electron chi connectivity index (χ4n) is 2.95. The summed E-state index contributed by atoms with van der Waals surface area (Å²) >= 11 is 0. The van der Waals surface area contributed by atoms with Gasteiger partial charge in [-0.05, 0) is 38.0 Å². The lowest BCUT2D eigenvalue weighted by Crippen LogP contribution is -2.52. The molecule has 2 atom stereocenters. The monoisotopic (exact) mass is 242 g/mol. The lowest BCUT2D eigenvalue weighted by Gasteiger charge is -2.42. The first-order valence-electron chi connectivity index (χ1n) is 6.64. The molecule has 98 valence electrons. The zero-order valence-electron chi connectivity index (χ0n) is 10.5. The topological polar surface area (TPSA) is 55.8 Å². The van der Waals surface area contributed by atoms with Gasteiger partial charge in [-0.1, -0.05) is 13.3 Å². The number of hydrogen-bond donors (Lipinski definition) is 1. The van der Waals surface area contributed by atoms with Crippen molar-refractivity contribution in [3.05, 3.63) is 0 Å². The van der Waals surface area contributed by atoms with Crippen molar-refractivity contribution in [3.63, 3.8) is 0 Å². The second-order valence-electron chi connectivity index (χ2n) is 5.27. The molecule has 2 rings (SSSR count). The van der Waals surface area contributed by atoms with Gasteiger partial charge >= 0.3 is 5.97 Å². The molecule has 0 bridgehead atoms. The third kappa shape index (κ3) is 2.63. The van der Waals surface area contributed by atoms with Crippen LogP contribution in [0.2, 0.25) is 0 Å². The van der Waals surface area contributed by atoms with Crippen LogP contribution in [0.15, 0.2) is 0 Å². The minimum Gasteiger partial charge on any atom is -0.479 e. The molecule has 1 heterocycles. The van der Waals surface area contributed by atoms with E-state index in [2.05, 4.69) is 0 Å². The molecular weight excluding hydrogens is 220 g/mol. The molecule has 2 fully saturated rings. The normalized spacial score (nSPS) is 35.7. The van der Waals surface area contributed by atoms with Gasteiger partial charge in [0.05, 0.1) is 6.10 Å². The van der Waals surface area contributed by atoms with Gasteiger partial charge in [-0.3, -0.25) is 0 Å². The zero-order valence-corrected chi connectivity index (χ0v) is 10.5. The van der Waals surface area contributed by atoms with Gasteiger partial charge < -0.3 is 14.6 Å². The fourth-order valence-corrected chi connectivity index (χ4v) is 2.95. The van der Waals surface area contributed by atoms with Crippen LogP contribution in [0.5, 0.6) is 0 Å². The summed E-state index contributed by atoms with van der Waals surface area (Å²) in [7, 11) is 0. The van der Waals surface area contributed by atoms with E-state index in [4.69, 9.17) is 9.47 Å². The number of hydrogen-bond acceptors (Lipinski definition) is 3. The highest BCUT2D eigenvalue weighted by molar-refractivity contribution is 5.78. The van der Waals surface area contributed by atoms with Crippen LogP contribution in [-0.4, -0.2) is 36.0 Å². The number of aliphatic carboxylic acids is 1. The molecule has 1 saturated heterocycles. The highest BCUT2D eigenvalue weighted by Crippen LogP contribution is 2.39. The van der Waals surface area contributed by atoms with E-state index in [1.807, 2.05) is 6.92 Å². The average Bonchev–Trinajstić information content (AvgIpc) is 2.33. The third-order valence-electron chi connectivity index (χ3n) is 4.14. The van der Waals surface area contributed by atoms with Gasteiger partial charge in [0.2, 0.25) is 0 Å². The fraction of sp³-hybridized carbons (Fsp3) is 0.923. The number of carboxylic acids is 1. The molecule has 1 aliphatic heterocycles. The summed E-state index contributed by atoms with van der Waals surface area (Å²) in [5.41, 5.74) is -0.944. The predicted molar refractivity (Wildman–Crippen MR) is 62.9 cm³/mol. The Morgan fingerprint density at radius 3 is 2.59 bits per heavy atom. The minimum atomic E-state index is -0.944. The first-order chi connectivity index (χ1) is 8.15. The Bertz CT molecular complexity index is 273. The first kappa shape index (κ1) is 12.8. The van der Waals surface area contributed by atoms with E-state index in [-0.39, 0.29) is 12.0 Å². The molecule has 0 aromatic carbocycles. The molecule has 2 unspecified atom stereocenters. The molecule has 0 aromatic rings. The van der Waals surface area contributed by atoms with Crippen molar-refractivity contribution < 1.29 is 19.4 Å². The van der Waals surface area contributed by atoms with Crippen molar-refractivity contribution in [1.29, 1.82) is 0 Å². The van der Waals surface area contributed by atoms with Crippen LogP contribution in [0.3, 0.4) is 0 Å². The Hall–Kier alpha value is -0.610. The van der Waals surface area contributed by atoms with Gasteiger partial charge in [0.15, 0.2) is 5.60 Å². The quantitative estimate of drug-likeness (QED) is 0.824. The Labute approximate surface area is 102 Å². The molecular formula is C13H22O4. The van der Waals surface area contributed by atoms with Crippen molar-refractivity contribution in [2.45, 2.75) is 57.2 Å². The van der Waals surface area contributed by atoms with E-state index in [9.17, 15) is 9.90 Å². The van der Waals surface area contributed by atoms with Crippen LogP contribution in [0.25, 0.3) is 0 Å². The Morgan fingerprint density at radius 1 is 1.29 bits per heavy atom. The molecule has 0 aromatic heterocycles. The molecule has 4 nitrogen and oxygen atoms in total. The SMILES string of the molecule is CC1CCCCC1(OC1CCOCC1)C(=O)O. The molecule has 4 heteroatoms. The van der Waals surface area contributed by atoms with Gasteiger partial charge in [0.25, 0.3) is 0 Å². The van der Waals surface area contributed by atoms with Gasteiger partial charge in [0.1, 0.15) is 0 Å². The zero-order chi connectivity index (χ0) is 12.3. The van der Waals surface area contributed by atoms with Crippen molar-refractivity contribution >= 4 is 5.97 Å². The second-order valence-corrected chi connectivity index (χ2v) is 5.27. The van der Waals surface area contributed by atoms with Crippen molar-refractivity contribution in [1.82, 2.24) is 0 Å². The van der Waals surface area contributed by atoms with Gasteiger partial charge in [-0.25, -0.2) is 4.79 Å². The van der Waals surface area contributed by atoms with Crippen LogP contribution in [-0.2, 0) is 14.3 Å². The molecule has 2 aliphatic rings. The molecule has 0 spiro atoms. The van der Waals surface area contributed by atoms with Crippen LogP contribution in [0, 0.1) is 5.92 Å². The van der Waals surface area contributed by atoms with Gasteiger partial charge in [0, 0.05) is 13.2 Å². The molecule has 1 aliphatic carbocycles. The molecule has 1 N–H and O–H groups in total. The van der Waals surface area contributed by atoms with Crippen molar-refractivity contribution in [2.75, 3.05) is 13.2 Å². The molecule has 0 amide bonds. The predicted octanol–water partition coefficient (Wildman–Crippen LogP) is 2.22. The Morgan fingerprint density at radius 2 is 2.00 bits per heavy atom. The lowest BCUT2D eigenvalue weighted by atomic mass is 9.76. The van der Waals surface area contributed by atoms with Crippen molar-refractivity contribution in [3.8, 4) is 0 Å². The summed E-state index contributed by atoms with van der Waals surface area (Å²) in [6, 6.07) is 0. The van der Waals surface area contributed by atoms with E-state index in [0.717, 1.165) is 32.1 Å². The second kappa shape index (κ2) is 5.36. The van der Waals surface area contributed by atoms with E-state index >= 15 is 0 Å². The van der Waals surface area contributed by atoms with E-state index in [1.165, 1.54) is 0 Å². The third-order valence-corrected chi connectivity index (χ3v) is 4.14. The lowest BCUT2D eigenvalue weighted by molar-refractivity contribution is -0.197. The summed E-state index contributed by atoms with van der Waals surface area (Å²) < 4.78 is 11.3. The maximum Gasteiger partial charge on any atom is 0.336 e. The molecule has 0 radical (unpaired) electrons. The first-order valence-corrected chi connectivity index (χ1v) is 6.64. The van der Waals surface area contributed by atoms with Crippen LogP contribution in [0.1, 0.15) is 45.4 Å². The average molecular weight is 242 g/mol. The highest BCUT2D eigenvalue weighted by atomic mass is 16.5. The number of ether oxygens (including phenoxy) is 2. The summed E-state index contributed by atoms with van der Waals surface area (Å²) in [6.07, 6.45) is 5.38. The number of carboxylic acid groups (broad SMARTS) is 1. The summed E-state index contributed by atoms with van der Waals surface area (Å²) in [5.74, 6) is -0.673. The van der Waals surface area contributed by atoms with E-state index in [0.29, 0.717) is 19.6 Å². The maximum absolute atomic E-state index is 11.6. The highest BCUT2D eigenvalue weighted by Gasteiger charge is 2.47. The number of carbonyl (C=O) groups is 1. The smallest absolute Gasteiger partial charge is 0.336 e. The van der Waals surface area contributed by atoms with Crippen LogP contribution >= 0.6 is 0 Å². The van der Waals surface area contributed by atoms with Crippen LogP contribution < -0.4 is 0 Å². The van der Waals surface area contributed by atoms with Crippen LogP contribution in [0.4, 0.5) is 0 Å². The standard InChI is InChI=1S/C13H22O4/c1-10-4-2-3-7-13(10,12(14)15)17-11-5-8-16-9-6-11/h10-11H,2-9H2,1H3,(H,14,15). The Balaban J connectivity index is 2.07. The maximum atomic E-state index is 11.6. The summed E-state index contributed by atoms with van der Waals surface area (Å²) in [4.78, 5) is 11.6. The van der Waals surface area contributed by atoms with Gasteiger partial charge in [-0.15, -0.1) is 0 Å². The minimum absolute atomic E-state index is 0.0559. The van der Waals surface area contributed by atoms with E-state index in [1.54, 1.807) is 0 Å². The largest absolute Gasteiger partial charge is 0.479 e. The summed E-state index contributed by atoms with van der Waals surface area (Å²) in [5, 5.41) is 9.53. The molecule has 17 heavy (non-hydrogen) atoms. The van der Waals surface area contributed by atoms with Crippen molar-refractivity contribution in [2.24, 2.45) is 5.92 Å². The summed E-state index contributed by atoms with van der Waals surface area (Å²) in [6.45, 7) is 3.39.